The molecule has 0 spiro atoms. The Bertz CT molecular complexity index is 302. The van der Waals surface area contributed by atoms with E-state index < -0.39 is 11.4 Å². The summed E-state index contributed by atoms with van der Waals surface area (Å²) in [6.07, 6.45) is 4.47. The van der Waals surface area contributed by atoms with Crippen LogP contribution in [-0.2, 0) is 9.53 Å². The number of hydrogen-bond donors (Lipinski definition) is 0. The zero-order valence-electron chi connectivity index (χ0n) is 10.7. The molecule has 0 aromatic carbocycles. The number of nitriles is 1. The molecule has 0 unspecified atom stereocenters. The number of hydrogen-bond acceptors (Lipinski definition) is 3. The van der Waals surface area contributed by atoms with Gasteiger partial charge in [-0.05, 0) is 32.3 Å². The van der Waals surface area contributed by atoms with Gasteiger partial charge in [0.25, 0.3) is 0 Å². The predicted octanol–water partition coefficient (Wildman–Crippen LogP) is 3.22. The lowest BCUT2D eigenvalue weighted by Crippen LogP contribution is -2.30. The number of allylic oxidation sites excluding steroid dienone is 1. The van der Waals surface area contributed by atoms with E-state index in [4.69, 9.17) is 4.74 Å². The molecule has 0 heterocycles. The molecule has 0 aromatic heterocycles. The van der Waals surface area contributed by atoms with Gasteiger partial charge in [-0.2, -0.15) is 5.26 Å². The van der Waals surface area contributed by atoms with Gasteiger partial charge >= 0.3 is 5.97 Å². The Balaban J connectivity index is 5.12. The number of rotatable bonds is 6. The van der Waals surface area contributed by atoms with Crippen molar-refractivity contribution in [3.8, 4) is 6.07 Å². The van der Waals surface area contributed by atoms with Gasteiger partial charge in [-0.15, -0.1) is 0 Å². The highest BCUT2D eigenvalue weighted by Crippen LogP contribution is 2.31. The van der Waals surface area contributed by atoms with Crippen LogP contribution in [-0.4, -0.2) is 12.6 Å². The van der Waals surface area contributed by atoms with Crippen LogP contribution in [0, 0.1) is 16.7 Å². The van der Waals surface area contributed by atoms with Gasteiger partial charge in [-0.25, -0.2) is 4.79 Å². The van der Waals surface area contributed by atoms with Gasteiger partial charge in [0, 0.05) is 0 Å². The van der Waals surface area contributed by atoms with Gasteiger partial charge in [-0.1, -0.05) is 26.3 Å². The van der Waals surface area contributed by atoms with Gasteiger partial charge in [0.15, 0.2) is 5.41 Å². The van der Waals surface area contributed by atoms with Crippen LogP contribution >= 0.6 is 0 Å². The third-order valence-electron chi connectivity index (χ3n) is 2.52. The van der Waals surface area contributed by atoms with Crippen molar-refractivity contribution in [2.75, 3.05) is 6.61 Å². The maximum atomic E-state index is 11.8. The van der Waals surface area contributed by atoms with Crippen LogP contribution in [0.15, 0.2) is 11.6 Å². The minimum atomic E-state index is -1.12. The van der Waals surface area contributed by atoms with Gasteiger partial charge < -0.3 is 4.74 Å². The van der Waals surface area contributed by atoms with E-state index in [1.807, 2.05) is 19.9 Å². The molecule has 0 saturated heterocycles. The molecule has 0 rings (SSSR count). The molecule has 0 fully saturated rings. The summed E-state index contributed by atoms with van der Waals surface area (Å²) in [6, 6.07) is 2.09. The fourth-order valence-corrected chi connectivity index (χ4v) is 1.60. The van der Waals surface area contributed by atoms with E-state index in [9.17, 15) is 10.1 Å². The van der Waals surface area contributed by atoms with E-state index in [2.05, 4.69) is 6.07 Å². The van der Waals surface area contributed by atoms with E-state index in [1.165, 1.54) is 0 Å². The molecule has 90 valence electrons. The van der Waals surface area contributed by atoms with Crippen molar-refractivity contribution in [3.05, 3.63) is 11.6 Å². The first-order valence-corrected chi connectivity index (χ1v) is 5.84. The number of nitrogens with zero attached hydrogens (tertiary/aromatic N) is 1. The Kier molecular flexibility index (Phi) is 6.48. The second kappa shape index (κ2) is 7.05. The molecule has 0 aliphatic heterocycles. The predicted molar refractivity (Wildman–Crippen MR) is 63.6 cm³/mol. The first-order chi connectivity index (χ1) is 7.56. The van der Waals surface area contributed by atoms with Crippen LogP contribution in [0.5, 0.6) is 0 Å². The smallest absolute Gasteiger partial charge is 0.330 e. The van der Waals surface area contributed by atoms with E-state index in [-0.39, 0.29) is 0 Å². The Morgan fingerprint density at radius 2 is 2.06 bits per heavy atom. The first-order valence-electron chi connectivity index (χ1n) is 5.84. The van der Waals surface area contributed by atoms with Gasteiger partial charge in [0.1, 0.15) is 0 Å². The Morgan fingerprint density at radius 1 is 1.44 bits per heavy atom. The molecular formula is C13H21NO2. The molecule has 0 aliphatic rings. The maximum Gasteiger partial charge on any atom is 0.330 e. The average molecular weight is 223 g/mol. The average Bonchev–Trinajstić information content (AvgIpc) is 2.28. The number of esters is 1. The third-order valence-corrected chi connectivity index (χ3v) is 2.52. The standard InChI is InChI=1S/C13H21NO2/c1-5-8-11(9-6-2)13(4,10-14)12(15)16-7-3/h8H,5-7,9H2,1-4H3/b11-8+/t13-/m0/s1. The van der Waals surface area contributed by atoms with E-state index in [0.29, 0.717) is 6.61 Å². The van der Waals surface area contributed by atoms with Crippen LogP contribution in [0.3, 0.4) is 0 Å². The van der Waals surface area contributed by atoms with Crippen LogP contribution in [0.4, 0.5) is 0 Å². The number of carbonyl (C=O) groups excluding carboxylic acids is 1. The topological polar surface area (TPSA) is 50.1 Å². The normalized spacial score (nSPS) is 15.1. The number of carbonyl (C=O) groups is 1. The van der Waals surface area contributed by atoms with Crippen LogP contribution in [0.25, 0.3) is 0 Å². The van der Waals surface area contributed by atoms with Crippen molar-refractivity contribution in [1.29, 1.82) is 5.26 Å². The Morgan fingerprint density at radius 3 is 2.44 bits per heavy atom. The molecule has 3 nitrogen and oxygen atoms in total. The zero-order valence-corrected chi connectivity index (χ0v) is 10.7. The van der Waals surface area contributed by atoms with Gasteiger partial charge in [0.2, 0.25) is 0 Å². The SMILES string of the molecule is CC/C=C(\CCC)[C@](C)(C#N)C(=O)OCC. The molecule has 0 saturated carbocycles. The summed E-state index contributed by atoms with van der Waals surface area (Å²) in [5, 5.41) is 9.21. The summed E-state index contributed by atoms with van der Waals surface area (Å²) in [4.78, 5) is 11.8. The number of ether oxygens (including phenoxy) is 1. The van der Waals surface area contributed by atoms with Crippen molar-refractivity contribution in [3.63, 3.8) is 0 Å². The summed E-state index contributed by atoms with van der Waals surface area (Å²) in [7, 11) is 0. The fourth-order valence-electron chi connectivity index (χ4n) is 1.60. The molecule has 0 radical (unpaired) electrons. The van der Waals surface area contributed by atoms with Crippen molar-refractivity contribution in [2.24, 2.45) is 5.41 Å². The molecule has 0 N–H and O–H groups in total. The van der Waals surface area contributed by atoms with Crippen LogP contribution < -0.4 is 0 Å². The highest BCUT2D eigenvalue weighted by atomic mass is 16.5. The maximum absolute atomic E-state index is 11.8. The molecule has 1 atom stereocenters. The largest absolute Gasteiger partial charge is 0.465 e. The summed E-state index contributed by atoms with van der Waals surface area (Å²) in [5.41, 5.74) is -0.249. The summed E-state index contributed by atoms with van der Waals surface area (Å²) < 4.78 is 4.97. The summed E-state index contributed by atoms with van der Waals surface area (Å²) in [6.45, 7) is 7.73. The van der Waals surface area contributed by atoms with E-state index in [1.54, 1.807) is 13.8 Å². The monoisotopic (exact) mass is 223 g/mol. The Hall–Kier alpha value is -1.30. The lowest BCUT2D eigenvalue weighted by Gasteiger charge is -2.23. The molecular weight excluding hydrogens is 202 g/mol. The molecule has 16 heavy (non-hydrogen) atoms. The van der Waals surface area contributed by atoms with Crippen molar-refractivity contribution in [2.45, 2.75) is 47.0 Å². The third kappa shape index (κ3) is 3.37. The quantitative estimate of drug-likeness (QED) is 0.513. The van der Waals surface area contributed by atoms with Gasteiger partial charge in [0.05, 0.1) is 12.7 Å². The highest BCUT2D eigenvalue weighted by Gasteiger charge is 2.38. The first kappa shape index (κ1) is 14.7. The summed E-state index contributed by atoms with van der Waals surface area (Å²) >= 11 is 0. The fraction of sp³-hybridized carbons (Fsp3) is 0.692. The second-order valence-corrected chi connectivity index (χ2v) is 3.84. The van der Waals surface area contributed by atoms with Crippen molar-refractivity contribution in [1.82, 2.24) is 0 Å². The summed E-state index contributed by atoms with van der Waals surface area (Å²) in [5.74, 6) is -0.439. The zero-order chi connectivity index (χ0) is 12.6. The molecule has 0 bridgehead atoms. The van der Waals surface area contributed by atoms with Crippen LogP contribution in [0.2, 0.25) is 0 Å². The second-order valence-electron chi connectivity index (χ2n) is 3.84. The van der Waals surface area contributed by atoms with E-state index >= 15 is 0 Å². The van der Waals surface area contributed by atoms with Gasteiger partial charge in [-0.3, -0.25) is 0 Å². The Labute approximate surface area is 98.1 Å². The van der Waals surface area contributed by atoms with Crippen LogP contribution in [0.1, 0.15) is 47.0 Å². The van der Waals surface area contributed by atoms with E-state index in [0.717, 1.165) is 24.8 Å². The molecule has 0 aliphatic carbocycles. The van der Waals surface area contributed by atoms with Crippen molar-refractivity contribution < 1.29 is 9.53 Å². The molecule has 3 heteroatoms. The highest BCUT2D eigenvalue weighted by molar-refractivity contribution is 5.83. The molecule has 0 amide bonds. The minimum Gasteiger partial charge on any atom is -0.465 e. The van der Waals surface area contributed by atoms with Crippen molar-refractivity contribution >= 4 is 5.97 Å². The molecule has 0 aromatic rings. The lowest BCUT2D eigenvalue weighted by molar-refractivity contribution is -0.149. The lowest BCUT2D eigenvalue weighted by atomic mass is 9.80. The minimum absolute atomic E-state index is 0.307.